The summed E-state index contributed by atoms with van der Waals surface area (Å²) in [4.78, 5) is 79.1. The Morgan fingerprint density at radius 2 is 1.20 bits per heavy atom. The van der Waals surface area contributed by atoms with Crippen LogP contribution < -0.4 is 0 Å². The van der Waals surface area contributed by atoms with Gasteiger partial charge in [-0.25, -0.2) is 10.1 Å². The van der Waals surface area contributed by atoms with Crippen molar-refractivity contribution in [3.05, 3.63) is 155 Å². The summed E-state index contributed by atoms with van der Waals surface area (Å²) in [6.45, 7) is 19.4. The molecule has 0 unspecified atom stereocenters. The van der Waals surface area contributed by atoms with Crippen LogP contribution in [0.4, 0.5) is 0 Å². The molecule has 7 rings (SSSR count). The Balaban J connectivity index is 0.000000429. The molecule has 70 heavy (non-hydrogen) atoms. The summed E-state index contributed by atoms with van der Waals surface area (Å²) in [5, 5.41) is 8.97. The van der Waals surface area contributed by atoms with Gasteiger partial charge in [-0.05, 0) is 124 Å². The Hall–Kier alpha value is -2.98. The molecule has 18 heteroatoms. The van der Waals surface area contributed by atoms with Crippen LogP contribution in [0.5, 0.6) is 0 Å². The van der Waals surface area contributed by atoms with E-state index in [1.54, 1.807) is 62.4 Å². The number of rotatable bonds is 13. The standard InChI is InChI=1S/C24H24Cl2N2O4.C24H23Cl2NO4.C2H4I.C2H5.2V/c1-4-28-23(30)16(13-31-28)8-22(29)20-6-5-15(7-14(20)2)21-12-24(3,32-27-21)17-9-18(25)11-19(26)10-17;1-4-27-24(30)18(13-31-27)11-23(29)21-6-5-16(7-15(21)3)22(28)8-14(2)17-9-19(25)12-20(26)10-17;1-2-3;1-2;;/h5-7,9-11,16H,4,8,12-13H2,1-3H3;5-10,12,18H,4,11,13H2,1-3H3;2H,1H3;1H2,2H3;;/q;;2*-1;;/b;14-8-;;;;/t16-,24+;18-;;;;/m11..../s1. The number of hydroxylamine groups is 4. The minimum absolute atomic E-state index is 0. The Kier molecular flexibility index (Phi) is 26.7. The maximum Gasteiger partial charge on any atom is 0.252 e. The fraction of sp³-hybridized carbons (Fsp3) is 0.346. The summed E-state index contributed by atoms with van der Waals surface area (Å²) in [5.74, 6) is -1.60. The molecule has 3 atom stereocenters. The topological polar surface area (TPSA) is 132 Å². The summed E-state index contributed by atoms with van der Waals surface area (Å²) in [5.41, 5.74) is 6.41. The van der Waals surface area contributed by atoms with Crippen LogP contribution in [0.25, 0.3) is 5.57 Å². The molecule has 2 amide bonds. The van der Waals surface area contributed by atoms with Gasteiger partial charge in [0.1, 0.15) is 0 Å². The van der Waals surface area contributed by atoms with E-state index in [4.69, 9.17) is 60.9 Å². The quantitative estimate of drug-likeness (QED) is 0.0560. The summed E-state index contributed by atoms with van der Waals surface area (Å²) >= 11 is 26.6. The molecule has 4 aromatic rings. The molecule has 3 aliphatic rings. The second-order valence-corrected chi connectivity index (χ2v) is 19.1. The number of ketones is 3. The van der Waals surface area contributed by atoms with Gasteiger partial charge in [-0.15, -0.1) is 0 Å². The second kappa shape index (κ2) is 29.7. The van der Waals surface area contributed by atoms with E-state index in [0.717, 1.165) is 33.5 Å². The Morgan fingerprint density at radius 1 is 0.757 bits per heavy atom. The third kappa shape index (κ3) is 16.8. The predicted octanol–water partition coefficient (Wildman–Crippen LogP) is 13.3. The zero-order valence-corrected chi connectivity index (χ0v) is 48.3. The van der Waals surface area contributed by atoms with Gasteiger partial charge in [0, 0.05) is 112 Å². The van der Waals surface area contributed by atoms with Crippen LogP contribution in [-0.2, 0) is 66.8 Å². The Labute approximate surface area is 469 Å². The molecular formula is C52H56Cl4IN3O8V2-2. The van der Waals surface area contributed by atoms with Crippen molar-refractivity contribution in [3.8, 4) is 0 Å². The average Bonchev–Trinajstić information content (AvgIpc) is 3.99. The maximum atomic E-state index is 12.8. The number of carbonyl (C=O) groups excluding carboxylic acids is 5. The fourth-order valence-corrected chi connectivity index (χ4v) is 8.68. The SMILES string of the molecule is CCN1OC[C@@H](CC(=O)c2ccc(C(=O)/C=C(/C)c3cc(Cl)cc(Cl)c3)cc2C)C1=O.CCN1OC[C@@H](CC(=O)c2ccc(C3=NO[C@](C)(c4cc(Cl)cc(Cl)c4)C3)cc2C)C1=O.C[CH-]I.[CH2-]C.[V].[V]. The molecule has 374 valence electrons. The summed E-state index contributed by atoms with van der Waals surface area (Å²) < 4.78 is 1.97. The number of hydrogen-bond donors (Lipinski definition) is 0. The van der Waals surface area contributed by atoms with Crippen LogP contribution in [0.15, 0.2) is 84.0 Å². The summed E-state index contributed by atoms with van der Waals surface area (Å²) in [6, 6.07) is 21.0. The zero-order chi connectivity index (χ0) is 50.5. The van der Waals surface area contributed by atoms with Gasteiger partial charge < -0.3 is 34.4 Å². The molecule has 4 aromatic carbocycles. The van der Waals surface area contributed by atoms with Crippen molar-refractivity contribution in [1.29, 1.82) is 0 Å². The monoisotopic (exact) mass is 1220 g/mol. The first kappa shape index (κ1) is 63.1. The van der Waals surface area contributed by atoms with Crippen LogP contribution in [-0.4, -0.2) is 71.3 Å². The second-order valence-electron chi connectivity index (χ2n) is 16.1. The zero-order valence-electron chi connectivity index (χ0n) is 40.3. The third-order valence-corrected chi connectivity index (χ3v) is 12.0. The van der Waals surface area contributed by atoms with Crippen molar-refractivity contribution >= 4 is 109 Å². The number of amides is 2. The van der Waals surface area contributed by atoms with Gasteiger partial charge in [0.25, 0.3) is 11.8 Å². The molecule has 0 N–H and O–H groups in total. The van der Waals surface area contributed by atoms with Crippen molar-refractivity contribution in [2.45, 2.75) is 80.3 Å². The van der Waals surface area contributed by atoms with Gasteiger partial charge in [-0.2, -0.15) is 13.8 Å². The van der Waals surface area contributed by atoms with E-state index in [9.17, 15) is 24.0 Å². The average molecular weight is 1220 g/mol. The number of aryl methyl sites for hydroxylation is 2. The van der Waals surface area contributed by atoms with Crippen molar-refractivity contribution in [2.24, 2.45) is 17.0 Å². The van der Waals surface area contributed by atoms with E-state index in [-0.39, 0.29) is 92.3 Å². The first-order valence-electron chi connectivity index (χ1n) is 22.0. The minimum atomic E-state index is -0.680. The number of nitrogens with zero attached hydrogens (tertiary/aromatic N) is 3. The van der Waals surface area contributed by atoms with Crippen LogP contribution in [0.3, 0.4) is 0 Å². The Morgan fingerprint density at radius 3 is 1.63 bits per heavy atom. The van der Waals surface area contributed by atoms with E-state index in [1.165, 1.54) is 16.2 Å². The molecule has 3 aliphatic heterocycles. The molecule has 2 saturated heterocycles. The fourth-order valence-electron chi connectivity index (χ4n) is 7.63. The molecule has 0 aliphatic carbocycles. The molecule has 0 aromatic heterocycles. The largest absolute Gasteiger partial charge is 0.384 e. The number of carbonyl (C=O) groups is 5. The van der Waals surface area contributed by atoms with E-state index < -0.39 is 17.4 Å². The summed E-state index contributed by atoms with van der Waals surface area (Å²) in [7, 11) is 0. The number of oxime groups is 1. The molecule has 11 nitrogen and oxygen atoms in total. The van der Waals surface area contributed by atoms with Crippen LogP contribution in [0.1, 0.15) is 120 Å². The molecule has 0 bridgehead atoms. The van der Waals surface area contributed by atoms with E-state index >= 15 is 0 Å². The van der Waals surface area contributed by atoms with Crippen LogP contribution in [0, 0.1) is 37.0 Å². The van der Waals surface area contributed by atoms with Crippen LogP contribution in [0.2, 0.25) is 20.1 Å². The van der Waals surface area contributed by atoms with Gasteiger partial charge in [-0.1, -0.05) is 75.8 Å². The molecule has 2 radical (unpaired) electrons. The van der Waals surface area contributed by atoms with Crippen molar-refractivity contribution in [3.63, 3.8) is 0 Å². The van der Waals surface area contributed by atoms with Gasteiger partial charge in [0.15, 0.2) is 23.0 Å². The third-order valence-electron chi connectivity index (χ3n) is 11.2. The van der Waals surface area contributed by atoms with Gasteiger partial charge in [0.05, 0.1) is 30.8 Å². The molecular weight excluding hydrogens is 1170 g/mol. The maximum absolute atomic E-state index is 12.8. The first-order valence-corrected chi connectivity index (χ1v) is 24.7. The number of benzene rings is 4. The smallest absolute Gasteiger partial charge is 0.252 e. The van der Waals surface area contributed by atoms with Gasteiger partial charge in [-0.3, -0.25) is 38.1 Å². The normalized spacial score (nSPS) is 18.1. The van der Waals surface area contributed by atoms with E-state index in [0.29, 0.717) is 61.9 Å². The molecule has 0 spiro atoms. The van der Waals surface area contributed by atoms with Gasteiger partial charge in [0.2, 0.25) is 0 Å². The minimum Gasteiger partial charge on any atom is -0.384 e. The van der Waals surface area contributed by atoms with Crippen molar-refractivity contribution in [1.82, 2.24) is 10.1 Å². The van der Waals surface area contributed by atoms with Crippen molar-refractivity contribution in [2.75, 3.05) is 26.3 Å². The number of Topliss-reactive ketones (excluding diaryl/α,β-unsaturated/α-hetero) is 2. The molecule has 3 heterocycles. The van der Waals surface area contributed by atoms with E-state index in [2.05, 4.69) is 34.7 Å². The van der Waals surface area contributed by atoms with Crippen molar-refractivity contribution < 1.29 is 75.6 Å². The molecule has 0 saturated carbocycles. The number of halogens is 5. The van der Waals surface area contributed by atoms with Gasteiger partial charge >= 0.3 is 0 Å². The first-order chi connectivity index (χ1) is 32.3. The van der Waals surface area contributed by atoms with E-state index in [1.807, 2.05) is 70.2 Å². The number of allylic oxidation sites excluding steroid dienone is 2. The number of hydrogen-bond acceptors (Lipinski definition) is 9. The predicted molar refractivity (Wildman–Crippen MR) is 279 cm³/mol. The summed E-state index contributed by atoms with van der Waals surface area (Å²) in [6.07, 6.45) is 2.27. The van der Waals surface area contributed by atoms with Crippen LogP contribution >= 0.6 is 69.0 Å². The molecule has 2 fully saturated rings. The Bertz CT molecular complexity index is 2540.